The van der Waals surface area contributed by atoms with E-state index < -0.39 is 10.0 Å². The van der Waals surface area contributed by atoms with Crippen LogP contribution in [0, 0.1) is 13.8 Å². The molecular weight excluding hydrogens is 388 g/mol. The summed E-state index contributed by atoms with van der Waals surface area (Å²) < 4.78 is 38.9. The molecule has 1 aromatic heterocycles. The van der Waals surface area contributed by atoms with Gasteiger partial charge in [-0.05, 0) is 43.7 Å². The van der Waals surface area contributed by atoms with Gasteiger partial charge >= 0.3 is 0 Å². The molecule has 6 nitrogen and oxygen atoms in total. The van der Waals surface area contributed by atoms with Crippen LogP contribution in [0.3, 0.4) is 0 Å². The fraction of sp³-hybridized carbons (Fsp3) is 0.211. The van der Waals surface area contributed by atoms with Crippen molar-refractivity contribution in [3.8, 4) is 17.1 Å². The number of hydrogen-bond acceptors (Lipinski definition) is 5. The Balaban J connectivity index is 1.97. The summed E-state index contributed by atoms with van der Waals surface area (Å²) in [6, 6.07) is 11.9. The molecule has 142 valence electrons. The zero-order chi connectivity index (χ0) is 19.6. The van der Waals surface area contributed by atoms with Gasteiger partial charge in [0.15, 0.2) is 5.76 Å². The van der Waals surface area contributed by atoms with E-state index in [4.69, 9.17) is 20.9 Å². The Morgan fingerprint density at radius 3 is 2.56 bits per heavy atom. The van der Waals surface area contributed by atoms with Crippen molar-refractivity contribution in [2.45, 2.75) is 25.3 Å². The van der Waals surface area contributed by atoms with Crippen LogP contribution in [0.15, 0.2) is 51.9 Å². The topological polar surface area (TPSA) is 81.4 Å². The van der Waals surface area contributed by atoms with Crippen molar-refractivity contribution in [3.63, 3.8) is 0 Å². The molecule has 0 fully saturated rings. The van der Waals surface area contributed by atoms with Gasteiger partial charge in [0.2, 0.25) is 10.0 Å². The largest absolute Gasteiger partial charge is 0.495 e. The Bertz CT molecular complexity index is 1080. The van der Waals surface area contributed by atoms with Gasteiger partial charge in [-0.15, -0.1) is 0 Å². The van der Waals surface area contributed by atoms with E-state index >= 15 is 0 Å². The van der Waals surface area contributed by atoms with Gasteiger partial charge in [-0.25, -0.2) is 13.1 Å². The van der Waals surface area contributed by atoms with Crippen LogP contribution in [0.4, 0.5) is 0 Å². The van der Waals surface area contributed by atoms with Crippen molar-refractivity contribution >= 4 is 21.6 Å². The first-order valence-corrected chi connectivity index (χ1v) is 10.0. The molecule has 0 aliphatic rings. The second kappa shape index (κ2) is 7.72. The molecule has 0 bridgehead atoms. The summed E-state index contributed by atoms with van der Waals surface area (Å²) >= 11 is 6.10. The van der Waals surface area contributed by atoms with E-state index in [0.717, 1.165) is 11.3 Å². The van der Waals surface area contributed by atoms with Gasteiger partial charge in [0.25, 0.3) is 0 Å². The zero-order valence-electron chi connectivity index (χ0n) is 15.1. The number of rotatable bonds is 6. The molecule has 0 saturated carbocycles. The number of nitrogens with one attached hydrogen (secondary N) is 1. The number of ether oxygens (including phenoxy) is 1. The summed E-state index contributed by atoms with van der Waals surface area (Å²) in [6.45, 7) is 3.76. The third kappa shape index (κ3) is 4.00. The molecule has 1 heterocycles. The molecular formula is C19H19ClN2O4S. The summed E-state index contributed by atoms with van der Waals surface area (Å²) in [4.78, 5) is 0.0167. The summed E-state index contributed by atoms with van der Waals surface area (Å²) in [5, 5.41) is 4.42. The highest BCUT2D eigenvalue weighted by Gasteiger charge is 2.22. The molecule has 3 aromatic rings. The second-order valence-corrected chi connectivity index (χ2v) is 8.15. The SMILES string of the molecule is COc1ccc(-c2onc(C)c2C)cc1S(=O)(=O)NCc1ccccc1Cl. The normalized spacial score (nSPS) is 11.6. The van der Waals surface area contributed by atoms with E-state index in [1.165, 1.54) is 13.2 Å². The molecule has 0 aliphatic heterocycles. The van der Waals surface area contributed by atoms with Gasteiger partial charge in [-0.1, -0.05) is 35.0 Å². The van der Waals surface area contributed by atoms with Crippen LogP contribution >= 0.6 is 11.6 Å². The lowest BCUT2D eigenvalue weighted by Gasteiger charge is -2.12. The van der Waals surface area contributed by atoms with Crippen LogP contribution in [0.25, 0.3) is 11.3 Å². The predicted octanol–water partition coefficient (Wildman–Crippen LogP) is 4.10. The summed E-state index contributed by atoms with van der Waals surface area (Å²) in [5.41, 5.74) is 2.89. The number of nitrogens with zero attached hydrogens (tertiary/aromatic N) is 1. The number of sulfonamides is 1. The minimum atomic E-state index is -3.85. The first kappa shape index (κ1) is 19.4. The number of halogens is 1. The summed E-state index contributed by atoms with van der Waals surface area (Å²) in [7, 11) is -2.43. The maximum Gasteiger partial charge on any atom is 0.244 e. The maximum absolute atomic E-state index is 12.9. The highest BCUT2D eigenvalue weighted by Crippen LogP contribution is 2.32. The molecule has 3 rings (SSSR count). The highest BCUT2D eigenvalue weighted by molar-refractivity contribution is 7.89. The lowest BCUT2D eigenvalue weighted by atomic mass is 10.1. The molecule has 0 unspecified atom stereocenters. The Kier molecular flexibility index (Phi) is 5.55. The van der Waals surface area contributed by atoms with Gasteiger partial charge in [0.1, 0.15) is 10.6 Å². The van der Waals surface area contributed by atoms with Crippen molar-refractivity contribution in [2.24, 2.45) is 0 Å². The fourth-order valence-electron chi connectivity index (χ4n) is 2.60. The van der Waals surface area contributed by atoms with E-state index in [1.807, 2.05) is 13.8 Å². The van der Waals surface area contributed by atoms with Crippen molar-refractivity contribution < 1.29 is 17.7 Å². The zero-order valence-corrected chi connectivity index (χ0v) is 16.7. The van der Waals surface area contributed by atoms with Crippen molar-refractivity contribution in [2.75, 3.05) is 7.11 Å². The van der Waals surface area contributed by atoms with Gasteiger partial charge < -0.3 is 9.26 Å². The van der Waals surface area contributed by atoms with Gasteiger partial charge in [-0.2, -0.15) is 0 Å². The number of methoxy groups -OCH3 is 1. The molecule has 0 aliphatic carbocycles. The van der Waals surface area contributed by atoms with E-state index in [9.17, 15) is 8.42 Å². The Labute approximate surface area is 163 Å². The minimum absolute atomic E-state index is 0.0167. The molecule has 0 amide bonds. The Morgan fingerprint density at radius 1 is 1.19 bits per heavy atom. The maximum atomic E-state index is 12.9. The molecule has 0 radical (unpaired) electrons. The first-order valence-electron chi connectivity index (χ1n) is 8.18. The molecule has 27 heavy (non-hydrogen) atoms. The summed E-state index contributed by atoms with van der Waals surface area (Å²) in [6.07, 6.45) is 0. The monoisotopic (exact) mass is 406 g/mol. The lowest BCUT2D eigenvalue weighted by Crippen LogP contribution is -2.24. The quantitative estimate of drug-likeness (QED) is 0.666. The standard InChI is InChI=1S/C19H19ClN2O4S/c1-12-13(2)22-26-19(12)14-8-9-17(25-3)18(10-14)27(23,24)21-11-15-6-4-5-7-16(15)20/h4-10,21H,11H2,1-3H3. The number of hydrogen-bond donors (Lipinski definition) is 1. The Morgan fingerprint density at radius 2 is 1.93 bits per heavy atom. The average molecular weight is 407 g/mol. The molecule has 2 aromatic carbocycles. The van der Waals surface area contributed by atoms with Crippen molar-refractivity contribution in [1.29, 1.82) is 0 Å². The molecule has 0 atom stereocenters. The first-order chi connectivity index (χ1) is 12.8. The van der Waals surface area contributed by atoms with E-state index in [-0.39, 0.29) is 17.2 Å². The smallest absolute Gasteiger partial charge is 0.244 e. The van der Waals surface area contributed by atoms with Crippen molar-refractivity contribution in [1.82, 2.24) is 9.88 Å². The molecule has 1 N–H and O–H groups in total. The summed E-state index contributed by atoms with van der Waals surface area (Å²) in [5.74, 6) is 0.761. The molecule has 0 spiro atoms. The molecule has 0 saturated heterocycles. The third-order valence-corrected chi connectivity index (χ3v) is 6.07. The molecule has 8 heteroatoms. The highest BCUT2D eigenvalue weighted by atomic mass is 35.5. The van der Waals surface area contributed by atoms with E-state index in [0.29, 0.717) is 21.9 Å². The van der Waals surface area contributed by atoms with Crippen LogP contribution < -0.4 is 9.46 Å². The van der Waals surface area contributed by atoms with E-state index in [2.05, 4.69) is 9.88 Å². The van der Waals surface area contributed by atoms with Gasteiger partial charge in [-0.3, -0.25) is 0 Å². The average Bonchev–Trinajstić information content (AvgIpc) is 2.99. The van der Waals surface area contributed by atoms with Gasteiger partial charge in [0, 0.05) is 22.7 Å². The van der Waals surface area contributed by atoms with Crippen LogP contribution in [-0.2, 0) is 16.6 Å². The van der Waals surface area contributed by atoms with Crippen LogP contribution in [0.1, 0.15) is 16.8 Å². The number of aromatic nitrogens is 1. The fourth-order valence-corrected chi connectivity index (χ4v) is 4.01. The number of aryl methyl sites for hydroxylation is 1. The van der Waals surface area contributed by atoms with Gasteiger partial charge in [0.05, 0.1) is 12.8 Å². The second-order valence-electron chi connectivity index (χ2n) is 6.00. The van der Waals surface area contributed by atoms with Crippen molar-refractivity contribution in [3.05, 3.63) is 64.3 Å². The van der Waals surface area contributed by atoms with Crippen LogP contribution in [-0.4, -0.2) is 20.7 Å². The Hall–Kier alpha value is -2.35. The third-order valence-electron chi connectivity index (χ3n) is 4.28. The van der Waals surface area contributed by atoms with E-state index in [1.54, 1.807) is 36.4 Å². The number of benzene rings is 2. The lowest BCUT2D eigenvalue weighted by molar-refractivity contribution is 0.402. The van der Waals surface area contributed by atoms with Crippen LogP contribution in [0.2, 0.25) is 5.02 Å². The minimum Gasteiger partial charge on any atom is -0.495 e. The van der Waals surface area contributed by atoms with Crippen LogP contribution in [0.5, 0.6) is 5.75 Å². The predicted molar refractivity (Wildman–Crippen MR) is 103 cm³/mol.